The minimum atomic E-state index is -1.58. The molecule has 0 saturated carbocycles. The highest BCUT2D eigenvalue weighted by Crippen LogP contribution is 2.14. The molecule has 16 heavy (non-hydrogen) atoms. The number of carbonyl (C=O) groups excluding carboxylic acids is 1. The molecule has 92 valence electrons. The molecular weight excluding hydrogens is 216 g/mol. The predicted molar refractivity (Wildman–Crippen MR) is 53.9 cm³/mol. The van der Waals surface area contributed by atoms with Gasteiger partial charge in [-0.05, 0) is 6.92 Å². The van der Waals surface area contributed by atoms with Crippen LogP contribution < -0.4 is 10.6 Å². The molecule has 7 heteroatoms. The van der Waals surface area contributed by atoms with Gasteiger partial charge in [0.15, 0.2) is 6.10 Å². The molecule has 0 aromatic heterocycles. The highest BCUT2D eigenvalue weighted by atomic mass is 16.5. The van der Waals surface area contributed by atoms with Crippen molar-refractivity contribution in [1.29, 1.82) is 0 Å². The first kappa shape index (κ1) is 12.9. The Morgan fingerprint density at radius 3 is 2.62 bits per heavy atom. The van der Waals surface area contributed by atoms with Gasteiger partial charge in [-0.3, -0.25) is 4.79 Å². The summed E-state index contributed by atoms with van der Waals surface area (Å²) in [7, 11) is 0. The molecule has 0 bridgehead atoms. The number of aliphatic carboxylic acids is 1. The van der Waals surface area contributed by atoms with Gasteiger partial charge < -0.3 is 25.6 Å². The van der Waals surface area contributed by atoms with Crippen LogP contribution in [0.3, 0.4) is 0 Å². The Hall–Kier alpha value is -1.18. The zero-order valence-corrected chi connectivity index (χ0v) is 9.02. The summed E-state index contributed by atoms with van der Waals surface area (Å²) in [5.41, 5.74) is -0.317. The van der Waals surface area contributed by atoms with E-state index in [2.05, 4.69) is 10.6 Å². The maximum Gasteiger partial charge on any atom is 0.334 e. The Bertz CT molecular complexity index is 277. The Kier molecular flexibility index (Phi) is 4.22. The molecule has 0 aromatic rings. The molecule has 1 atom stereocenters. The normalized spacial score (nSPS) is 19.6. The van der Waals surface area contributed by atoms with Gasteiger partial charge in [-0.1, -0.05) is 0 Å². The van der Waals surface area contributed by atoms with Crippen LogP contribution in [0, 0.1) is 0 Å². The Morgan fingerprint density at radius 2 is 2.19 bits per heavy atom. The van der Waals surface area contributed by atoms with Gasteiger partial charge in [0.05, 0.1) is 12.1 Å². The lowest BCUT2D eigenvalue weighted by Crippen LogP contribution is -2.59. The molecule has 0 spiro atoms. The molecule has 0 aliphatic carbocycles. The number of hydrogen-bond acceptors (Lipinski definition) is 5. The maximum absolute atomic E-state index is 11.2. The highest BCUT2D eigenvalue weighted by Gasteiger charge is 2.33. The highest BCUT2D eigenvalue weighted by molar-refractivity contribution is 5.78. The van der Waals surface area contributed by atoms with E-state index >= 15 is 0 Å². The summed E-state index contributed by atoms with van der Waals surface area (Å²) in [4.78, 5) is 21.4. The molecule has 1 unspecified atom stereocenters. The minimum Gasteiger partial charge on any atom is -0.479 e. The maximum atomic E-state index is 11.2. The largest absolute Gasteiger partial charge is 0.479 e. The molecule has 1 heterocycles. The van der Waals surface area contributed by atoms with Crippen molar-refractivity contribution in [2.24, 2.45) is 0 Å². The monoisotopic (exact) mass is 232 g/mol. The van der Waals surface area contributed by atoms with E-state index in [0.717, 1.165) is 0 Å². The fourth-order valence-corrected chi connectivity index (χ4v) is 1.17. The lowest BCUT2D eigenvalue weighted by atomic mass is 10.0. The lowest BCUT2D eigenvalue weighted by Gasteiger charge is -2.38. The SMILES string of the molecule is CC1(OCC(=O)NCC(O)C(=O)O)CNC1. The van der Waals surface area contributed by atoms with Gasteiger partial charge >= 0.3 is 5.97 Å². The van der Waals surface area contributed by atoms with Crippen LogP contribution >= 0.6 is 0 Å². The first-order valence-electron chi connectivity index (χ1n) is 4.95. The summed E-state index contributed by atoms with van der Waals surface area (Å²) in [6.07, 6.45) is -1.58. The van der Waals surface area contributed by atoms with Gasteiger partial charge in [0, 0.05) is 13.1 Å². The number of aliphatic hydroxyl groups is 1. The van der Waals surface area contributed by atoms with E-state index < -0.39 is 18.0 Å². The third-order valence-electron chi connectivity index (χ3n) is 2.33. The number of aliphatic hydroxyl groups excluding tert-OH is 1. The van der Waals surface area contributed by atoms with Crippen molar-refractivity contribution in [3.63, 3.8) is 0 Å². The number of ether oxygens (including phenoxy) is 1. The molecule has 0 radical (unpaired) electrons. The number of carboxylic acid groups (broad SMARTS) is 1. The molecular formula is C9H16N2O5. The molecule has 7 nitrogen and oxygen atoms in total. The quantitative estimate of drug-likeness (QED) is 0.419. The molecule has 0 aromatic carbocycles. The zero-order chi connectivity index (χ0) is 12.2. The van der Waals surface area contributed by atoms with Crippen molar-refractivity contribution in [1.82, 2.24) is 10.6 Å². The van der Waals surface area contributed by atoms with Gasteiger partial charge in [0.2, 0.25) is 5.91 Å². The molecule has 1 saturated heterocycles. The minimum absolute atomic E-state index is 0.134. The average Bonchev–Trinajstić information content (AvgIpc) is 2.19. The van der Waals surface area contributed by atoms with E-state index in [4.69, 9.17) is 14.9 Å². The van der Waals surface area contributed by atoms with Crippen molar-refractivity contribution in [2.45, 2.75) is 18.6 Å². The summed E-state index contributed by atoms with van der Waals surface area (Å²) < 4.78 is 5.32. The van der Waals surface area contributed by atoms with Crippen molar-refractivity contribution < 1.29 is 24.5 Å². The summed E-state index contributed by atoms with van der Waals surface area (Å²) in [6, 6.07) is 0. The standard InChI is InChI=1S/C9H16N2O5/c1-9(4-10-5-9)16-3-7(13)11-2-6(12)8(14)15/h6,10,12H,2-5H2,1H3,(H,11,13)(H,14,15). The smallest absolute Gasteiger partial charge is 0.334 e. The second kappa shape index (κ2) is 5.24. The van der Waals surface area contributed by atoms with Gasteiger partial charge in [0.1, 0.15) is 6.61 Å². The van der Waals surface area contributed by atoms with Crippen molar-refractivity contribution >= 4 is 11.9 Å². The van der Waals surface area contributed by atoms with Crippen LogP contribution in [0.2, 0.25) is 0 Å². The van der Waals surface area contributed by atoms with Gasteiger partial charge in [-0.2, -0.15) is 0 Å². The lowest BCUT2D eigenvalue weighted by molar-refractivity contribution is -0.147. The molecule has 1 aliphatic heterocycles. The first-order chi connectivity index (χ1) is 7.43. The van der Waals surface area contributed by atoms with E-state index in [1.54, 1.807) is 0 Å². The van der Waals surface area contributed by atoms with E-state index in [1.165, 1.54) is 0 Å². The van der Waals surface area contributed by atoms with Crippen LogP contribution in [-0.2, 0) is 14.3 Å². The van der Waals surface area contributed by atoms with Crippen LogP contribution in [0.25, 0.3) is 0 Å². The van der Waals surface area contributed by atoms with Crippen LogP contribution in [0.4, 0.5) is 0 Å². The zero-order valence-electron chi connectivity index (χ0n) is 9.02. The fourth-order valence-electron chi connectivity index (χ4n) is 1.17. The number of hydrogen-bond donors (Lipinski definition) is 4. The number of nitrogens with one attached hydrogen (secondary N) is 2. The number of amides is 1. The van der Waals surface area contributed by atoms with Crippen molar-refractivity contribution in [3.05, 3.63) is 0 Å². The van der Waals surface area contributed by atoms with Crippen molar-refractivity contribution in [2.75, 3.05) is 26.2 Å². The van der Waals surface area contributed by atoms with Crippen LogP contribution in [0.1, 0.15) is 6.92 Å². The Morgan fingerprint density at radius 1 is 1.56 bits per heavy atom. The van der Waals surface area contributed by atoms with E-state index in [1.807, 2.05) is 6.92 Å². The van der Waals surface area contributed by atoms with Gasteiger partial charge in [-0.25, -0.2) is 4.79 Å². The average molecular weight is 232 g/mol. The topological polar surface area (TPSA) is 108 Å². The number of carbonyl (C=O) groups is 2. The number of carboxylic acids is 1. The molecule has 4 N–H and O–H groups in total. The second-order valence-electron chi connectivity index (χ2n) is 4.00. The second-order valence-corrected chi connectivity index (χ2v) is 4.00. The summed E-state index contributed by atoms with van der Waals surface area (Å²) >= 11 is 0. The molecule has 1 rings (SSSR count). The third kappa shape index (κ3) is 3.76. The van der Waals surface area contributed by atoms with Crippen LogP contribution in [0.15, 0.2) is 0 Å². The van der Waals surface area contributed by atoms with Crippen LogP contribution in [-0.4, -0.2) is 60.0 Å². The fraction of sp³-hybridized carbons (Fsp3) is 0.778. The first-order valence-corrected chi connectivity index (χ1v) is 4.95. The Balaban J connectivity index is 2.13. The summed E-state index contributed by atoms with van der Waals surface area (Å²) in [5, 5.41) is 22.5. The predicted octanol–water partition coefficient (Wildman–Crippen LogP) is -2.07. The van der Waals surface area contributed by atoms with Crippen molar-refractivity contribution in [3.8, 4) is 0 Å². The number of rotatable bonds is 6. The summed E-state index contributed by atoms with van der Waals surface area (Å²) in [6.45, 7) is 2.82. The molecule has 1 amide bonds. The summed E-state index contributed by atoms with van der Waals surface area (Å²) in [5.74, 6) is -1.80. The van der Waals surface area contributed by atoms with Gasteiger partial charge in [0.25, 0.3) is 0 Å². The Labute approximate surface area is 92.8 Å². The molecule has 1 aliphatic rings. The van der Waals surface area contributed by atoms with Gasteiger partial charge in [-0.15, -0.1) is 0 Å². The van der Waals surface area contributed by atoms with E-state index in [9.17, 15) is 9.59 Å². The molecule has 1 fully saturated rings. The van der Waals surface area contributed by atoms with E-state index in [0.29, 0.717) is 13.1 Å². The third-order valence-corrected chi connectivity index (χ3v) is 2.33. The van der Waals surface area contributed by atoms with E-state index in [-0.39, 0.29) is 18.8 Å². The van der Waals surface area contributed by atoms with Crippen LogP contribution in [0.5, 0.6) is 0 Å².